The third kappa shape index (κ3) is 2.22. The maximum Gasteiger partial charge on any atom is 0.128 e. The smallest absolute Gasteiger partial charge is 0.128 e. The van der Waals surface area contributed by atoms with Gasteiger partial charge in [0.2, 0.25) is 0 Å². The Morgan fingerprint density at radius 3 is 2.86 bits per heavy atom. The van der Waals surface area contributed by atoms with Gasteiger partial charge in [-0.3, -0.25) is 0 Å². The van der Waals surface area contributed by atoms with Crippen LogP contribution in [0, 0.1) is 5.82 Å². The van der Waals surface area contributed by atoms with Crippen molar-refractivity contribution in [1.29, 1.82) is 0 Å². The highest BCUT2D eigenvalue weighted by molar-refractivity contribution is 6.00. The van der Waals surface area contributed by atoms with Crippen molar-refractivity contribution in [3.8, 4) is 5.75 Å². The topological polar surface area (TPSA) is 41.8 Å². The van der Waals surface area contributed by atoms with Crippen molar-refractivity contribution in [3.05, 3.63) is 29.6 Å². The van der Waals surface area contributed by atoms with Gasteiger partial charge in [0.05, 0.1) is 12.3 Å². The van der Waals surface area contributed by atoms with Crippen molar-refractivity contribution in [1.82, 2.24) is 0 Å². The number of ether oxygens (including phenoxy) is 1. The van der Waals surface area contributed by atoms with E-state index in [0.29, 0.717) is 23.6 Å². The van der Waals surface area contributed by atoms with Crippen LogP contribution in [-0.2, 0) is 0 Å². The van der Waals surface area contributed by atoms with Crippen LogP contribution in [0.2, 0.25) is 0 Å². The lowest BCUT2D eigenvalue weighted by Crippen LogP contribution is -2.02. The average Bonchev–Trinajstić information content (AvgIpc) is 2.20. The number of hydrogen-bond donors (Lipinski definition) is 1. The molecule has 0 unspecified atom stereocenters. The Bertz CT molecular complexity index is 350. The van der Waals surface area contributed by atoms with Crippen LogP contribution in [0.3, 0.4) is 0 Å². The highest BCUT2D eigenvalue weighted by Gasteiger charge is 2.08. The number of halogens is 1. The molecule has 76 valence electrons. The summed E-state index contributed by atoms with van der Waals surface area (Å²) in [6.45, 7) is 3.90. The first-order valence-corrected chi connectivity index (χ1v) is 4.30. The Morgan fingerprint density at radius 1 is 1.57 bits per heavy atom. The van der Waals surface area contributed by atoms with E-state index in [9.17, 15) is 4.39 Å². The average molecular weight is 197 g/mol. The first kappa shape index (κ1) is 10.5. The van der Waals surface area contributed by atoms with Crippen LogP contribution in [0.25, 0.3) is 0 Å². The fourth-order valence-electron chi connectivity index (χ4n) is 1.12. The number of oxime groups is 1. The highest BCUT2D eigenvalue weighted by Crippen LogP contribution is 2.20. The Morgan fingerprint density at radius 2 is 2.29 bits per heavy atom. The van der Waals surface area contributed by atoms with E-state index >= 15 is 0 Å². The van der Waals surface area contributed by atoms with Crippen molar-refractivity contribution < 1.29 is 14.3 Å². The Balaban J connectivity index is 3.15. The van der Waals surface area contributed by atoms with Crippen molar-refractivity contribution >= 4 is 5.71 Å². The van der Waals surface area contributed by atoms with Gasteiger partial charge in [-0.25, -0.2) is 4.39 Å². The van der Waals surface area contributed by atoms with E-state index < -0.39 is 0 Å². The summed E-state index contributed by atoms with van der Waals surface area (Å²) in [7, 11) is 0. The van der Waals surface area contributed by atoms with Gasteiger partial charge in [0.25, 0.3) is 0 Å². The molecule has 0 heterocycles. The maximum atomic E-state index is 12.9. The molecule has 0 aliphatic heterocycles. The minimum absolute atomic E-state index is 0.327. The largest absolute Gasteiger partial charge is 0.493 e. The fourth-order valence-corrected chi connectivity index (χ4v) is 1.12. The molecule has 0 aromatic heterocycles. The molecule has 4 heteroatoms. The molecule has 1 N–H and O–H groups in total. The summed E-state index contributed by atoms with van der Waals surface area (Å²) in [5, 5.41) is 11.6. The van der Waals surface area contributed by atoms with Crippen LogP contribution < -0.4 is 4.74 Å². The van der Waals surface area contributed by atoms with Crippen LogP contribution in [0.15, 0.2) is 23.4 Å². The van der Waals surface area contributed by atoms with Crippen LogP contribution in [-0.4, -0.2) is 17.5 Å². The third-order valence-electron chi connectivity index (χ3n) is 1.78. The fraction of sp³-hybridized carbons (Fsp3) is 0.300. The Kier molecular flexibility index (Phi) is 3.45. The van der Waals surface area contributed by atoms with E-state index in [1.165, 1.54) is 18.2 Å². The Labute approximate surface area is 81.8 Å². The number of rotatable bonds is 3. The van der Waals surface area contributed by atoms with E-state index in [4.69, 9.17) is 9.94 Å². The van der Waals surface area contributed by atoms with E-state index in [1.54, 1.807) is 6.92 Å². The van der Waals surface area contributed by atoms with Crippen LogP contribution in [0.5, 0.6) is 5.75 Å². The summed E-state index contributed by atoms with van der Waals surface area (Å²) in [5.74, 6) is 0.135. The Hall–Kier alpha value is -1.58. The summed E-state index contributed by atoms with van der Waals surface area (Å²) < 4.78 is 18.1. The van der Waals surface area contributed by atoms with Crippen LogP contribution in [0.1, 0.15) is 19.4 Å². The SMILES string of the molecule is CCOc1ccc(F)cc1C(C)=NO. The monoisotopic (exact) mass is 197 g/mol. The molecule has 14 heavy (non-hydrogen) atoms. The molecule has 3 nitrogen and oxygen atoms in total. The van der Waals surface area contributed by atoms with Crippen LogP contribution >= 0.6 is 0 Å². The molecule has 1 aromatic carbocycles. The summed E-state index contributed by atoms with van der Waals surface area (Å²) in [5.41, 5.74) is 0.794. The zero-order chi connectivity index (χ0) is 10.6. The predicted octanol–water partition coefficient (Wildman–Crippen LogP) is 2.42. The summed E-state index contributed by atoms with van der Waals surface area (Å²) in [6.07, 6.45) is 0. The summed E-state index contributed by atoms with van der Waals surface area (Å²) >= 11 is 0. The number of benzene rings is 1. The molecule has 0 aliphatic rings. The zero-order valence-electron chi connectivity index (χ0n) is 8.12. The first-order valence-electron chi connectivity index (χ1n) is 4.30. The minimum atomic E-state index is -0.383. The van der Waals surface area contributed by atoms with Gasteiger partial charge in [-0.1, -0.05) is 5.16 Å². The lowest BCUT2D eigenvalue weighted by molar-refractivity contribution is 0.317. The second kappa shape index (κ2) is 4.60. The summed E-state index contributed by atoms with van der Waals surface area (Å²) in [4.78, 5) is 0. The number of nitrogens with zero attached hydrogens (tertiary/aromatic N) is 1. The van der Waals surface area contributed by atoms with Gasteiger partial charge < -0.3 is 9.94 Å². The molecule has 0 saturated heterocycles. The number of hydrogen-bond acceptors (Lipinski definition) is 3. The second-order valence-electron chi connectivity index (χ2n) is 2.76. The molecular formula is C10H12FNO2. The van der Waals surface area contributed by atoms with Gasteiger partial charge in [0.15, 0.2) is 0 Å². The normalized spacial score (nSPS) is 11.5. The molecule has 0 atom stereocenters. The second-order valence-corrected chi connectivity index (χ2v) is 2.76. The molecule has 0 fully saturated rings. The summed E-state index contributed by atoms with van der Waals surface area (Å²) in [6, 6.07) is 4.10. The van der Waals surface area contributed by atoms with Crippen molar-refractivity contribution in [2.24, 2.45) is 5.16 Å². The van der Waals surface area contributed by atoms with Gasteiger partial charge in [-0.2, -0.15) is 0 Å². The predicted molar refractivity (Wildman–Crippen MR) is 51.6 cm³/mol. The van der Waals surface area contributed by atoms with Gasteiger partial charge in [-0.05, 0) is 32.0 Å². The van der Waals surface area contributed by atoms with Gasteiger partial charge in [0.1, 0.15) is 11.6 Å². The van der Waals surface area contributed by atoms with Crippen molar-refractivity contribution in [2.45, 2.75) is 13.8 Å². The first-order chi connectivity index (χ1) is 6.69. The standard InChI is InChI=1S/C10H12FNO2/c1-3-14-10-5-4-8(11)6-9(10)7(2)12-13/h4-6,13H,3H2,1-2H3. The van der Waals surface area contributed by atoms with E-state index in [-0.39, 0.29) is 5.82 Å². The quantitative estimate of drug-likeness (QED) is 0.459. The van der Waals surface area contributed by atoms with Gasteiger partial charge in [0, 0.05) is 5.56 Å². The molecule has 0 amide bonds. The zero-order valence-corrected chi connectivity index (χ0v) is 8.12. The molecule has 0 spiro atoms. The third-order valence-corrected chi connectivity index (χ3v) is 1.78. The lowest BCUT2D eigenvalue weighted by Gasteiger charge is -2.08. The molecule has 1 rings (SSSR count). The van der Waals surface area contributed by atoms with Crippen LogP contribution in [0.4, 0.5) is 4.39 Å². The molecule has 0 saturated carbocycles. The van der Waals surface area contributed by atoms with Crippen molar-refractivity contribution in [2.75, 3.05) is 6.61 Å². The van der Waals surface area contributed by atoms with E-state index in [0.717, 1.165) is 0 Å². The molecule has 1 aromatic rings. The van der Waals surface area contributed by atoms with E-state index in [1.807, 2.05) is 6.92 Å². The molecule has 0 radical (unpaired) electrons. The molecule has 0 bridgehead atoms. The van der Waals surface area contributed by atoms with Gasteiger partial charge in [-0.15, -0.1) is 0 Å². The highest BCUT2D eigenvalue weighted by atomic mass is 19.1. The van der Waals surface area contributed by atoms with Gasteiger partial charge >= 0.3 is 0 Å². The van der Waals surface area contributed by atoms with Crippen molar-refractivity contribution in [3.63, 3.8) is 0 Å². The molecular weight excluding hydrogens is 185 g/mol. The minimum Gasteiger partial charge on any atom is -0.493 e. The lowest BCUT2D eigenvalue weighted by atomic mass is 10.1. The van der Waals surface area contributed by atoms with E-state index in [2.05, 4.69) is 5.16 Å². The maximum absolute atomic E-state index is 12.9. The molecule has 0 aliphatic carbocycles.